The first kappa shape index (κ1) is 10.9. The first-order valence-electron chi connectivity index (χ1n) is 3.06. The number of thiol groups is 1. The van der Waals surface area contributed by atoms with Gasteiger partial charge in [0, 0.05) is 6.42 Å². The number of carbonyl (C=O) groups is 1. The predicted octanol–water partition coefficient (Wildman–Crippen LogP) is -1.60. The van der Waals surface area contributed by atoms with E-state index in [9.17, 15) is 13.2 Å². The molecule has 0 radical (unpaired) electrons. The molecular formula is C6H9NO4S. The minimum atomic E-state index is -2.89. The lowest BCUT2D eigenvalue weighted by Gasteiger charge is -2.10. The number of hydrogen-bond acceptors (Lipinski definition) is 4. The molecule has 2 unspecified atom stereocenters. The van der Waals surface area contributed by atoms with Gasteiger partial charge in [-0.15, -0.1) is 12.3 Å². The maximum atomic E-state index is 10.4. The molecule has 6 heteroatoms. The van der Waals surface area contributed by atoms with Gasteiger partial charge in [-0.1, -0.05) is 0 Å². The van der Waals surface area contributed by atoms with Gasteiger partial charge in [-0.25, -0.2) is 8.42 Å². The Hall–Kier alpha value is -1.06. The summed E-state index contributed by atoms with van der Waals surface area (Å²) in [6.45, 7) is 0. The van der Waals surface area contributed by atoms with Gasteiger partial charge in [0.15, 0.2) is 0 Å². The van der Waals surface area contributed by atoms with Gasteiger partial charge in [-0.05, 0) is 0 Å². The molecule has 68 valence electrons. The van der Waals surface area contributed by atoms with Crippen LogP contribution in [0.4, 0.5) is 0 Å². The third-order valence-electron chi connectivity index (χ3n) is 1.30. The summed E-state index contributed by atoms with van der Waals surface area (Å²) in [4.78, 5) is 10.3. The molecule has 0 aliphatic heterocycles. The van der Waals surface area contributed by atoms with Crippen molar-refractivity contribution in [3.05, 3.63) is 0 Å². The van der Waals surface area contributed by atoms with Gasteiger partial charge in [0.2, 0.25) is 0 Å². The zero-order chi connectivity index (χ0) is 9.72. The Kier molecular flexibility index (Phi) is 4.33. The fraction of sp³-hybridized carbons (Fsp3) is 0.500. The zero-order valence-electron chi connectivity index (χ0n) is 6.14. The zero-order valence-corrected chi connectivity index (χ0v) is 7.03. The molecule has 0 saturated heterocycles. The van der Waals surface area contributed by atoms with E-state index in [0.29, 0.717) is 0 Å². The van der Waals surface area contributed by atoms with Gasteiger partial charge in [0.1, 0.15) is 16.7 Å². The molecule has 3 N–H and O–H groups in total. The van der Waals surface area contributed by atoms with Crippen LogP contribution in [0.3, 0.4) is 0 Å². The molecule has 0 aromatic carbocycles. The summed E-state index contributed by atoms with van der Waals surface area (Å²) in [5.41, 5.74) is 5.07. The maximum absolute atomic E-state index is 10.4. The first-order valence-corrected chi connectivity index (χ1v) is 4.30. The molecule has 0 aromatic heterocycles. The monoisotopic (exact) mass is 191 g/mol. The Morgan fingerprint density at radius 3 is 2.42 bits per heavy atom. The van der Waals surface area contributed by atoms with Gasteiger partial charge in [0.25, 0.3) is 0 Å². The van der Waals surface area contributed by atoms with E-state index in [2.05, 4.69) is 5.92 Å². The second-order valence-electron chi connectivity index (χ2n) is 2.12. The first-order chi connectivity index (χ1) is 5.50. The molecule has 0 heterocycles. The van der Waals surface area contributed by atoms with E-state index in [-0.39, 0.29) is 6.42 Å². The van der Waals surface area contributed by atoms with Crippen LogP contribution in [0.5, 0.6) is 0 Å². The minimum absolute atomic E-state index is 0.174. The van der Waals surface area contributed by atoms with E-state index in [1.807, 2.05) is 0 Å². The molecule has 0 fully saturated rings. The highest BCUT2D eigenvalue weighted by Gasteiger charge is 2.25. The Morgan fingerprint density at radius 2 is 2.17 bits per heavy atom. The summed E-state index contributed by atoms with van der Waals surface area (Å²) >= 11 is 0. The molecule has 2 atom stereocenters. The van der Waals surface area contributed by atoms with Crippen LogP contribution in [0.25, 0.3) is 0 Å². The molecule has 0 spiro atoms. The van der Waals surface area contributed by atoms with E-state index < -0.39 is 28.0 Å². The molecule has 0 aliphatic carbocycles. The number of carboxylic acid groups (broad SMARTS) is 1. The van der Waals surface area contributed by atoms with E-state index in [1.54, 1.807) is 0 Å². The van der Waals surface area contributed by atoms with Crippen LogP contribution < -0.4 is 5.73 Å². The lowest BCUT2D eigenvalue weighted by Crippen LogP contribution is -2.42. The molecule has 0 amide bonds. The molecular weight excluding hydrogens is 182 g/mol. The van der Waals surface area contributed by atoms with E-state index in [0.717, 1.165) is 0 Å². The fourth-order valence-corrected chi connectivity index (χ4v) is 1.26. The quantitative estimate of drug-likeness (QED) is 0.367. The number of terminal acetylenes is 1. The van der Waals surface area contributed by atoms with Crippen molar-refractivity contribution in [2.75, 3.05) is 0 Å². The molecule has 0 rings (SSSR count). The molecule has 0 aromatic rings. The van der Waals surface area contributed by atoms with Crippen molar-refractivity contribution in [1.29, 1.82) is 0 Å². The minimum Gasteiger partial charge on any atom is -0.480 e. The fourth-order valence-electron chi connectivity index (χ4n) is 0.618. The summed E-state index contributed by atoms with van der Waals surface area (Å²) in [6, 6.07) is -1.44. The van der Waals surface area contributed by atoms with Crippen molar-refractivity contribution in [2.45, 2.75) is 17.7 Å². The van der Waals surface area contributed by atoms with Gasteiger partial charge >= 0.3 is 5.97 Å². The average Bonchev–Trinajstić information content (AvgIpc) is 1.98. The largest absolute Gasteiger partial charge is 0.480 e. The molecule has 0 aliphatic rings. The standard InChI is InChI=1S/C6H9NO4S/c1-2-3-4(12(10)11)5(7)6(8)9/h1,4-5,12H,3,7H2,(H,8,9). The molecule has 0 saturated carbocycles. The van der Waals surface area contributed by atoms with Crippen molar-refractivity contribution >= 4 is 16.7 Å². The van der Waals surface area contributed by atoms with E-state index >= 15 is 0 Å². The lowest BCUT2D eigenvalue weighted by atomic mass is 10.2. The maximum Gasteiger partial charge on any atom is 0.321 e. The number of nitrogens with two attached hydrogens (primary N) is 1. The van der Waals surface area contributed by atoms with Gasteiger partial charge in [0.05, 0.1) is 5.25 Å². The molecule has 12 heavy (non-hydrogen) atoms. The van der Waals surface area contributed by atoms with Crippen molar-refractivity contribution in [3.63, 3.8) is 0 Å². The predicted molar refractivity (Wildman–Crippen MR) is 43.2 cm³/mol. The summed E-state index contributed by atoms with van der Waals surface area (Å²) in [5, 5.41) is 7.19. The summed E-state index contributed by atoms with van der Waals surface area (Å²) in [7, 11) is -2.89. The Labute approximate surface area is 71.5 Å². The average molecular weight is 191 g/mol. The number of aliphatic carboxylic acids is 1. The topological polar surface area (TPSA) is 97.5 Å². The third-order valence-corrected chi connectivity index (χ3v) is 2.34. The summed E-state index contributed by atoms with van der Waals surface area (Å²) < 4.78 is 20.9. The normalized spacial score (nSPS) is 15.1. The second kappa shape index (κ2) is 4.74. The highest BCUT2D eigenvalue weighted by Crippen LogP contribution is 2.00. The number of carboxylic acids is 1. The van der Waals surface area contributed by atoms with E-state index in [1.165, 1.54) is 0 Å². The van der Waals surface area contributed by atoms with Crippen molar-refractivity contribution in [1.82, 2.24) is 0 Å². The number of rotatable bonds is 4. The van der Waals surface area contributed by atoms with Crippen LogP contribution in [0.15, 0.2) is 0 Å². The van der Waals surface area contributed by atoms with Crippen LogP contribution in [-0.4, -0.2) is 30.8 Å². The third kappa shape index (κ3) is 2.90. The number of hydrogen-bond donors (Lipinski definition) is 3. The van der Waals surface area contributed by atoms with E-state index in [4.69, 9.17) is 17.3 Å². The van der Waals surface area contributed by atoms with Crippen molar-refractivity contribution in [3.8, 4) is 12.3 Å². The Balaban J connectivity index is 4.53. The van der Waals surface area contributed by atoms with Gasteiger partial charge in [-0.2, -0.15) is 0 Å². The highest BCUT2D eigenvalue weighted by atomic mass is 32.2. The molecule has 0 bridgehead atoms. The Morgan fingerprint density at radius 1 is 1.67 bits per heavy atom. The van der Waals surface area contributed by atoms with Crippen molar-refractivity contribution in [2.24, 2.45) is 5.73 Å². The second-order valence-corrected chi connectivity index (χ2v) is 3.36. The van der Waals surface area contributed by atoms with Crippen LogP contribution in [-0.2, 0) is 15.5 Å². The highest BCUT2D eigenvalue weighted by molar-refractivity contribution is 7.73. The van der Waals surface area contributed by atoms with Crippen LogP contribution in [0, 0.1) is 12.3 Å². The summed E-state index contributed by atoms with van der Waals surface area (Å²) in [6.07, 6.45) is 4.66. The van der Waals surface area contributed by atoms with Crippen LogP contribution >= 0.6 is 0 Å². The van der Waals surface area contributed by atoms with Crippen LogP contribution in [0.1, 0.15) is 6.42 Å². The van der Waals surface area contributed by atoms with Gasteiger partial charge < -0.3 is 10.8 Å². The lowest BCUT2D eigenvalue weighted by molar-refractivity contribution is -0.138. The van der Waals surface area contributed by atoms with Crippen molar-refractivity contribution < 1.29 is 18.3 Å². The summed E-state index contributed by atoms with van der Waals surface area (Å²) in [5.74, 6) is 0.692. The smallest absolute Gasteiger partial charge is 0.321 e. The Bertz CT molecular complexity index is 270. The molecule has 5 nitrogen and oxygen atoms in total. The SMILES string of the molecule is C#CCC(C(N)C(=O)O)[SH](=O)=O. The van der Waals surface area contributed by atoms with Crippen LogP contribution in [0.2, 0.25) is 0 Å². The van der Waals surface area contributed by atoms with Gasteiger partial charge in [-0.3, -0.25) is 4.79 Å².